The Morgan fingerprint density at radius 1 is 0.320 bits per heavy atom. The predicted octanol–water partition coefficient (Wildman–Crippen LogP) is 13.3. The molecule has 9 aromatic carbocycles. The van der Waals surface area contributed by atoms with Gasteiger partial charge in [-0.3, -0.25) is 0 Å². The molecule has 0 spiro atoms. The molecule has 1 aliphatic carbocycles. The van der Waals surface area contributed by atoms with E-state index >= 15 is 0 Å². The van der Waals surface area contributed by atoms with Gasteiger partial charge < -0.3 is 0 Å². The van der Waals surface area contributed by atoms with Gasteiger partial charge in [0.1, 0.15) is 0 Å². The molecule has 0 amide bonds. The van der Waals surface area contributed by atoms with Gasteiger partial charge in [0, 0.05) is 0 Å². The smallest absolute Gasteiger partial charge is 0.0998 e. The predicted molar refractivity (Wildman–Crippen MR) is 210 cm³/mol. The van der Waals surface area contributed by atoms with Gasteiger partial charge >= 0.3 is 0 Å². The molecule has 1 aliphatic rings. The fraction of sp³-hybridized carbons (Fsp3) is 0. The van der Waals surface area contributed by atoms with Gasteiger partial charge in [-0.05, 0) is 111 Å². The highest BCUT2D eigenvalue weighted by Crippen LogP contribution is 2.58. The maximum Gasteiger partial charge on any atom is 0.0998 e. The molecular weight excluding hydrogens is 603 g/mol. The zero-order valence-electron chi connectivity index (χ0n) is 27.2. The molecule has 0 bridgehead atoms. The molecule has 0 atom stereocenters. The van der Waals surface area contributed by atoms with Crippen molar-refractivity contribution < 1.29 is 0 Å². The third kappa shape index (κ3) is 4.19. The van der Waals surface area contributed by atoms with E-state index in [1.807, 2.05) is 0 Å². The summed E-state index contributed by atoms with van der Waals surface area (Å²) in [5.74, 6) is 0. The van der Waals surface area contributed by atoms with E-state index < -0.39 is 0 Å². The van der Waals surface area contributed by atoms with Crippen molar-refractivity contribution in [1.29, 1.82) is 5.26 Å². The monoisotopic (exact) mass is 631 g/mol. The second-order valence-corrected chi connectivity index (χ2v) is 13.1. The van der Waals surface area contributed by atoms with Crippen LogP contribution in [-0.2, 0) is 0 Å². The van der Waals surface area contributed by atoms with E-state index in [9.17, 15) is 5.26 Å². The minimum Gasteiger partial charge on any atom is -0.192 e. The lowest BCUT2D eigenvalue weighted by atomic mass is 9.82. The standard InChI is InChI=1S/C49H29N/c50-30-37-29-36(24-25-38(37)35-23-22-31-12-7-8-17-34(31)28-35)39-26-27-44-47-40(39)20-11-21-43(47)48-45(32-13-3-1-4-14-32)41-18-9-10-19-42(41)46(49(44)48)33-15-5-2-6-16-33/h1-29H. The molecule has 50 heavy (non-hydrogen) atoms. The fourth-order valence-electron chi connectivity index (χ4n) is 8.27. The van der Waals surface area contributed by atoms with Crippen LogP contribution in [0.25, 0.3) is 99.1 Å². The van der Waals surface area contributed by atoms with Gasteiger partial charge in [0.05, 0.1) is 11.6 Å². The largest absolute Gasteiger partial charge is 0.192 e. The van der Waals surface area contributed by atoms with Crippen molar-refractivity contribution in [2.45, 2.75) is 0 Å². The first-order valence-corrected chi connectivity index (χ1v) is 17.1. The van der Waals surface area contributed by atoms with E-state index in [1.54, 1.807) is 0 Å². The quantitative estimate of drug-likeness (QED) is 0.190. The Bertz CT molecular complexity index is 2760. The Labute approximate surface area is 291 Å². The molecule has 0 aromatic heterocycles. The SMILES string of the molecule is N#Cc1cc(-c2ccc3c4c(cccc24)-c2c-3c(-c3ccccc3)c3ccccc3c2-c2ccccc2)ccc1-c1ccc2ccccc2c1. The van der Waals surface area contributed by atoms with Crippen molar-refractivity contribution in [2.24, 2.45) is 0 Å². The average Bonchev–Trinajstić information content (AvgIpc) is 3.52. The second-order valence-electron chi connectivity index (χ2n) is 13.1. The summed E-state index contributed by atoms with van der Waals surface area (Å²) < 4.78 is 0. The van der Waals surface area contributed by atoms with Crippen molar-refractivity contribution in [3.05, 3.63) is 181 Å². The van der Waals surface area contributed by atoms with Gasteiger partial charge in [-0.2, -0.15) is 5.26 Å². The number of nitriles is 1. The molecule has 0 saturated heterocycles. The van der Waals surface area contributed by atoms with Crippen LogP contribution in [0.4, 0.5) is 0 Å². The summed E-state index contributed by atoms with van der Waals surface area (Å²) in [5.41, 5.74) is 14.9. The van der Waals surface area contributed by atoms with Crippen molar-refractivity contribution >= 4 is 32.3 Å². The minimum atomic E-state index is 0.674. The normalized spacial score (nSPS) is 11.6. The molecule has 230 valence electrons. The third-order valence-electron chi connectivity index (χ3n) is 10.4. The summed E-state index contributed by atoms with van der Waals surface area (Å²) in [5, 5.41) is 17.7. The van der Waals surface area contributed by atoms with Gasteiger partial charge in [0.15, 0.2) is 0 Å². The molecule has 0 N–H and O–H groups in total. The highest BCUT2D eigenvalue weighted by molar-refractivity contribution is 6.28. The molecule has 1 heteroatoms. The Hall–Kier alpha value is -6.75. The second kappa shape index (κ2) is 11.2. The Morgan fingerprint density at radius 3 is 1.52 bits per heavy atom. The molecule has 0 heterocycles. The first-order valence-electron chi connectivity index (χ1n) is 17.1. The van der Waals surface area contributed by atoms with Crippen LogP contribution in [0.3, 0.4) is 0 Å². The molecular formula is C49H29N. The lowest BCUT2D eigenvalue weighted by Gasteiger charge is -2.20. The van der Waals surface area contributed by atoms with Crippen molar-refractivity contribution in [1.82, 2.24) is 0 Å². The van der Waals surface area contributed by atoms with Crippen LogP contribution >= 0.6 is 0 Å². The molecule has 0 saturated carbocycles. The highest BCUT2D eigenvalue weighted by Gasteiger charge is 2.31. The van der Waals surface area contributed by atoms with Crippen LogP contribution in [0.15, 0.2) is 176 Å². The van der Waals surface area contributed by atoms with Crippen LogP contribution in [0.2, 0.25) is 0 Å². The Kier molecular flexibility index (Phi) is 6.31. The summed E-state index contributed by atoms with van der Waals surface area (Å²) in [4.78, 5) is 0. The van der Waals surface area contributed by atoms with E-state index in [0.717, 1.165) is 22.3 Å². The summed E-state index contributed by atoms with van der Waals surface area (Å²) in [7, 11) is 0. The van der Waals surface area contributed by atoms with Gasteiger partial charge in [0.2, 0.25) is 0 Å². The first kappa shape index (κ1) is 28.3. The summed E-state index contributed by atoms with van der Waals surface area (Å²) >= 11 is 0. The molecule has 9 aromatic rings. The van der Waals surface area contributed by atoms with Gasteiger partial charge in [-0.15, -0.1) is 0 Å². The summed E-state index contributed by atoms with van der Waals surface area (Å²) in [6.45, 7) is 0. The maximum atomic E-state index is 10.4. The van der Waals surface area contributed by atoms with Crippen molar-refractivity contribution in [3.63, 3.8) is 0 Å². The van der Waals surface area contributed by atoms with Gasteiger partial charge in [0.25, 0.3) is 0 Å². The molecule has 10 rings (SSSR count). The van der Waals surface area contributed by atoms with Crippen LogP contribution in [0, 0.1) is 11.3 Å². The minimum absolute atomic E-state index is 0.674. The highest BCUT2D eigenvalue weighted by atomic mass is 14.3. The van der Waals surface area contributed by atoms with E-state index in [1.165, 1.54) is 76.8 Å². The van der Waals surface area contributed by atoms with E-state index in [0.29, 0.717) is 5.56 Å². The van der Waals surface area contributed by atoms with E-state index in [2.05, 4.69) is 182 Å². The third-order valence-corrected chi connectivity index (χ3v) is 10.4. The Morgan fingerprint density at radius 2 is 0.840 bits per heavy atom. The molecule has 0 radical (unpaired) electrons. The van der Waals surface area contributed by atoms with E-state index in [4.69, 9.17) is 0 Å². The average molecular weight is 632 g/mol. The fourth-order valence-corrected chi connectivity index (χ4v) is 8.27. The maximum absolute atomic E-state index is 10.4. The van der Waals surface area contributed by atoms with Gasteiger partial charge in [-0.1, -0.05) is 164 Å². The number of nitrogens with zero attached hydrogens (tertiary/aromatic N) is 1. The number of hydrogen-bond donors (Lipinski definition) is 0. The molecule has 1 nitrogen and oxygen atoms in total. The number of rotatable bonds is 4. The zero-order chi connectivity index (χ0) is 33.2. The summed E-state index contributed by atoms with van der Waals surface area (Å²) in [6, 6.07) is 65.5. The van der Waals surface area contributed by atoms with Gasteiger partial charge in [-0.25, -0.2) is 0 Å². The summed E-state index contributed by atoms with van der Waals surface area (Å²) in [6.07, 6.45) is 0. The topological polar surface area (TPSA) is 23.8 Å². The first-order chi connectivity index (χ1) is 24.8. The lowest BCUT2D eigenvalue weighted by Crippen LogP contribution is -1.93. The van der Waals surface area contributed by atoms with Crippen LogP contribution < -0.4 is 0 Å². The number of hydrogen-bond acceptors (Lipinski definition) is 1. The zero-order valence-corrected chi connectivity index (χ0v) is 27.2. The number of benzene rings is 9. The van der Waals surface area contributed by atoms with Crippen LogP contribution in [0.5, 0.6) is 0 Å². The number of fused-ring (bicyclic) bond motifs is 5. The molecule has 0 aliphatic heterocycles. The van der Waals surface area contributed by atoms with Crippen molar-refractivity contribution in [3.8, 4) is 72.8 Å². The van der Waals surface area contributed by atoms with Crippen LogP contribution in [-0.4, -0.2) is 0 Å². The lowest BCUT2D eigenvalue weighted by molar-refractivity contribution is 1.48. The molecule has 0 fully saturated rings. The van der Waals surface area contributed by atoms with Crippen LogP contribution in [0.1, 0.15) is 5.56 Å². The van der Waals surface area contributed by atoms with Crippen molar-refractivity contribution in [2.75, 3.05) is 0 Å². The van der Waals surface area contributed by atoms with E-state index in [-0.39, 0.29) is 0 Å². The molecule has 0 unspecified atom stereocenters. The Balaban J connectivity index is 1.23.